The Hall–Kier alpha value is -2.24. The Bertz CT molecular complexity index is 1310. The van der Waals surface area contributed by atoms with Gasteiger partial charge in [0.2, 0.25) is 10.0 Å². The molecule has 0 unspecified atom stereocenters. The number of primary sulfonamides is 1. The summed E-state index contributed by atoms with van der Waals surface area (Å²) in [6.07, 6.45) is 1.73. The minimum absolute atomic E-state index is 0.00715. The molecule has 2 heterocycles. The van der Waals surface area contributed by atoms with Crippen LogP contribution in [0.3, 0.4) is 0 Å². The van der Waals surface area contributed by atoms with Gasteiger partial charge in [-0.1, -0.05) is 23.2 Å². The average molecular weight is 543 g/mol. The predicted molar refractivity (Wildman–Crippen MR) is 136 cm³/mol. The molecule has 12 heteroatoms. The van der Waals surface area contributed by atoms with Gasteiger partial charge in [0.1, 0.15) is 21.9 Å². The van der Waals surface area contributed by atoms with Crippen LogP contribution in [0.2, 0.25) is 10.0 Å². The van der Waals surface area contributed by atoms with Crippen LogP contribution < -0.4 is 19.9 Å². The monoisotopic (exact) mass is 542 g/mol. The molecule has 2 aromatic carbocycles. The van der Waals surface area contributed by atoms with Crippen LogP contribution in [0.5, 0.6) is 11.5 Å². The Morgan fingerprint density at radius 3 is 2.51 bits per heavy atom. The molecule has 0 aliphatic carbocycles. The van der Waals surface area contributed by atoms with Crippen molar-refractivity contribution in [2.75, 3.05) is 31.6 Å². The lowest BCUT2D eigenvalue weighted by Gasteiger charge is -2.32. The number of benzene rings is 2. The maximum Gasteiger partial charge on any atom is 0.295 e. The molecule has 3 aromatic rings. The van der Waals surface area contributed by atoms with Gasteiger partial charge in [0.05, 0.1) is 23.3 Å². The first-order chi connectivity index (χ1) is 16.7. The summed E-state index contributed by atoms with van der Waals surface area (Å²) in [5.74, 6) is 1.38. The molecule has 1 aromatic heterocycles. The van der Waals surface area contributed by atoms with E-state index in [1.807, 2.05) is 26.0 Å². The molecule has 0 saturated carbocycles. The van der Waals surface area contributed by atoms with Crippen LogP contribution in [0.15, 0.2) is 33.6 Å². The van der Waals surface area contributed by atoms with Crippen LogP contribution in [-0.4, -0.2) is 50.6 Å². The number of hydrogen-bond acceptors (Lipinski definition) is 8. The molecule has 0 amide bonds. The molecule has 0 spiro atoms. The molecular formula is C23H28Cl2N4O5S. The van der Waals surface area contributed by atoms with E-state index in [0.29, 0.717) is 47.6 Å². The van der Waals surface area contributed by atoms with Crippen molar-refractivity contribution in [2.24, 2.45) is 5.14 Å². The quantitative estimate of drug-likeness (QED) is 0.400. The van der Waals surface area contributed by atoms with E-state index in [-0.39, 0.29) is 16.0 Å². The Labute approximate surface area is 214 Å². The lowest BCUT2D eigenvalue weighted by atomic mass is 10.0. The molecule has 4 rings (SSSR count). The van der Waals surface area contributed by atoms with Crippen LogP contribution in [0, 0.1) is 0 Å². The first-order valence-electron chi connectivity index (χ1n) is 11.4. The van der Waals surface area contributed by atoms with Crippen LogP contribution in [0.1, 0.15) is 32.3 Å². The number of nitrogens with one attached hydrogen (secondary N) is 1. The largest absolute Gasteiger partial charge is 0.494 e. The van der Waals surface area contributed by atoms with Gasteiger partial charge >= 0.3 is 0 Å². The van der Waals surface area contributed by atoms with Gasteiger partial charge in [-0.2, -0.15) is 4.98 Å². The molecule has 0 radical (unpaired) electrons. The third-order valence-electron chi connectivity index (χ3n) is 5.76. The summed E-state index contributed by atoms with van der Waals surface area (Å²) in [6, 6.07) is 6.99. The summed E-state index contributed by atoms with van der Waals surface area (Å²) < 4.78 is 40.5. The van der Waals surface area contributed by atoms with Crippen molar-refractivity contribution in [3.05, 3.63) is 39.9 Å². The molecule has 1 aliphatic rings. The zero-order valence-electron chi connectivity index (χ0n) is 19.5. The number of anilines is 1. The van der Waals surface area contributed by atoms with Gasteiger partial charge in [0.25, 0.3) is 6.01 Å². The van der Waals surface area contributed by atoms with E-state index in [4.69, 9.17) is 42.2 Å². The number of aromatic nitrogens is 1. The summed E-state index contributed by atoms with van der Waals surface area (Å²) in [4.78, 5) is 6.52. The topological polar surface area (TPSA) is 120 Å². The average Bonchev–Trinajstić information content (AvgIpc) is 3.18. The highest BCUT2D eigenvalue weighted by Crippen LogP contribution is 2.35. The zero-order valence-corrected chi connectivity index (χ0v) is 21.8. The van der Waals surface area contributed by atoms with Gasteiger partial charge in [-0.05, 0) is 44.4 Å². The number of fused-ring (bicyclic) bond motifs is 1. The Morgan fingerprint density at radius 2 is 1.86 bits per heavy atom. The van der Waals surface area contributed by atoms with Gasteiger partial charge in [0.15, 0.2) is 5.58 Å². The number of halogens is 2. The minimum atomic E-state index is -3.96. The molecule has 9 nitrogen and oxygen atoms in total. The van der Waals surface area contributed by atoms with Gasteiger partial charge in [-0.15, -0.1) is 0 Å². The molecule has 1 saturated heterocycles. The summed E-state index contributed by atoms with van der Waals surface area (Å²) in [5, 5.41) is 9.13. The second-order valence-electron chi connectivity index (χ2n) is 8.27. The van der Waals surface area contributed by atoms with Crippen LogP contribution in [-0.2, 0) is 16.6 Å². The van der Waals surface area contributed by atoms with Gasteiger partial charge in [-0.25, -0.2) is 13.6 Å². The number of oxazole rings is 1. The third kappa shape index (κ3) is 6.13. The van der Waals surface area contributed by atoms with Crippen molar-refractivity contribution in [3.63, 3.8) is 0 Å². The second kappa shape index (κ2) is 10.8. The third-order valence-corrected chi connectivity index (χ3v) is 7.56. The summed E-state index contributed by atoms with van der Waals surface area (Å²) in [5.41, 5.74) is 1.72. The van der Waals surface area contributed by atoms with E-state index >= 15 is 0 Å². The highest BCUT2D eigenvalue weighted by atomic mass is 35.5. The van der Waals surface area contributed by atoms with Crippen molar-refractivity contribution in [1.82, 2.24) is 9.88 Å². The van der Waals surface area contributed by atoms with Crippen LogP contribution in [0.25, 0.3) is 11.1 Å². The smallest absolute Gasteiger partial charge is 0.295 e. The number of likely N-dealkylation sites (tertiary alicyclic amines) is 1. The fourth-order valence-electron chi connectivity index (χ4n) is 4.11. The van der Waals surface area contributed by atoms with Crippen molar-refractivity contribution < 1.29 is 22.3 Å². The fraction of sp³-hybridized carbons (Fsp3) is 0.435. The number of piperidine rings is 1. The number of nitrogens with zero attached hydrogens (tertiary/aromatic N) is 2. The van der Waals surface area contributed by atoms with E-state index in [2.05, 4.69) is 15.2 Å². The normalized spacial score (nSPS) is 15.5. The molecular weight excluding hydrogens is 515 g/mol. The van der Waals surface area contributed by atoms with Gasteiger partial charge in [-0.3, -0.25) is 4.90 Å². The summed E-state index contributed by atoms with van der Waals surface area (Å²) in [6.45, 7) is 7.33. The highest BCUT2D eigenvalue weighted by molar-refractivity contribution is 7.89. The second-order valence-corrected chi connectivity index (χ2v) is 10.6. The molecule has 35 heavy (non-hydrogen) atoms. The minimum Gasteiger partial charge on any atom is -0.494 e. The first-order valence-corrected chi connectivity index (χ1v) is 13.7. The zero-order chi connectivity index (χ0) is 25.2. The van der Waals surface area contributed by atoms with Gasteiger partial charge < -0.3 is 19.2 Å². The molecule has 1 aliphatic heterocycles. The van der Waals surface area contributed by atoms with E-state index in [9.17, 15) is 8.42 Å². The van der Waals surface area contributed by atoms with E-state index < -0.39 is 10.0 Å². The maximum absolute atomic E-state index is 11.7. The van der Waals surface area contributed by atoms with Crippen LogP contribution >= 0.6 is 23.2 Å². The lowest BCUT2D eigenvalue weighted by Crippen LogP contribution is -2.38. The maximum atomic E-state index is 11.7. The summed E-state index contributed by atoms with van der Waals surface area (Å²) >= 11 is 12.7. The highest BCUT2D eigenvalue weighted by Gasteiger charge is 2.23. The first kappa shape index (κ1) is 25.8. The Balaban J connectivity index is 1.40. The molecule has 0 atom stereocenters. The predicted octanol–water partition coefficient (Wildman–Crippen LogP) is 4.66. The van der Waals surface area contributed by atoms with E-state index in [1.165, 1.54) is 12.1 Å². The van der Waals surface area contributed by atoms with Crippen molar-refractivity contribution in [1.29, 1.82) is 0 Å². The standard InChI is InChI=1S/C23H28Cl2N4O5S/c1-3-32-16-9-14(22(25)20(10-16)33-4-2)13-29-7-5-15(6-8-29)27-23-28-18-11-17(24)21(35(26,30)31)12-19(18)34-23/h9-12,15H,3-8,13H2,1-2H3,(H,27,28)(H2,26,30,31). The Kier molecular flexibility index (Phi) is 7.97. The molecule has 0 bridgehead atoms. The number of ether oxygens (including phenoxy) is 2. The number of hydrogen-bond donors (Lipinski definition) is 2. The van der Waals surface area contributed by atoms with Gasteiger partial charge in [0, 0.05) is 37.8 Å². The number of rotatable bonds is 9. The summed E-state index contributed by atoms with van der Waals surface area (Å²) in [7, 11) is -3.96. The van der Waals surface area contributed by atoms with Crippen molar-refractivity contribution in [2.45, 2.75) is 44.2 Å². The fourth-order valence-corrected chi connectivity index (χ4v) is 5.42. The van der Waals surface area contributed by atoms with Crippen molar-refractivity contribution in [3.8, 4) is 11.5 Å². The van der Waals surface area contributed by atoms with E-state index in [1.54, 1.807) is 0 Å². The number of nitrogens with two attached hydrogens (primary N) is 1. The lowest BCUT2D eigenvalue weighted by molar-refractivity contribution is 0.209. The number of sulfonamides is 1. The van der Waals surface area contributed by atoms with E-state index in [0.717, 1.165) is 37.2 Å². The molecule has 3 N–H and O–H groups in total. The van der Waals surface area contributed by atoms with Crippen LogP contribution in [0.4, 0.5) is 6.01 Å². The Morgan fingerprint density at radius 1 is 1.14 bits per heavy atom. The SMILES string of the molecule is CCOc1cc(CN2CCC(Nc3nc4cc(Cl)c(S(N)(=O)=O)cc4o3)CC2)c(Cl)c(OCC)c1. The van der Waals surface area contributed by atoms with Crippen molar-refractivity contribution >= 4 is 50.3 Å². The molecule has 190 valence electrons. The molecule has 1 fully saturated rings.